The molecule has 0 unspecified atom stereocenters. The summed E-state index contributed by atoms with van der Waals surface area (Å²) in [6, 6.07) is 5.54. The van der Waals surface area contributed by atoms with Crippen LogP contribution in [0.25, 0.3) is 17.2 Å². The van der Waals surface area contributed by atoms with Gasteiger partial charge in [-0.15, -0.1) is 10.2 Å². The molecule has 0 spiro atoms. The van der Waals surface area contributed by atoms with Gasteiger partial charge in [-0.05, 0) is 25.5 Å². The maximum atomic E-state index is 13.6. The SMILES string of the molecule is COc1cccc(C)c1-n1c(CS(=O)(=O)[C@@H](C)[C@H](OC)c2ncc(Cl)cn2)nnc1-c1cnc[nH]1. The maximum absolute atomic E-state index is 13.6. The molecule has 3 heterocycles. The molecule has 13 heteroatoms. The molecular formula is C22H24ClN7O4S. The highest BCUT2D eigenvalue weighted by molar-refractivity contribution is 7.91. The van der Waals surface area contributed by atoms with Gasteiger partial charge >= 0.3 is 0 Å². The fraction of sp³-hybridized carbons (Fsp3) is 0.318. The molecule has 4 aromatic rings. The summed E-state index contributed by atoms with van der Waals surface area (Å²) in [5.74, 6) is 0.952. The van der Waals surface area contributed by atoms with Crippen LogP contribution in [0.3, 0.4) is 0 Å². The normalized spacial score (nSPS) is 13.5. The summed E-state index contributed by atoms with van der Waals surface area (Å²) in [7, 11) is -0.873. The van der Waals surface area contributed by atoms with Crippen molar-refractivity contribution in [1.29, 1.82) is 0 Å². The second kappa shape index (κ2) is 10.1. The molecule has 11 nitrogen and oxygen atoms in total. The Morgan fingerprint density at radius 2 is 1.89 bits per heavy atom. The molecule has 0 bridgehead atoms. The number of aromatic nitrogens is 7. The largest absolute Gasteiger partial charge is 0.495 e. The summed E-state index contributed by atoms with van der Waals surface area (Å²) >= 11 is 5.87. The second-order valence-electron chi connectivity index (χ2n) is 7.79. The first-order valence-corrected chi connectivity index (χ1v) is 12.6. The van der Waals surface area contributed by atoms with Crippen molar-refractivity contribution >= 4 is 21.4 Å². The lowest BCUT2D eigenvalue weighted by Gasteiger charge is -2.22. The maximum Gasteiger partial charge on any atom is 0.186 e. The van der Waals surface area contributed by atoms with Gasteiger partial charge in [0.05, 0.1) is 35.6 Å². The Bertz CT molecular complexity index is 1410. The number of sulfone groups is 1. The quantitative estimate of drug-likeness (QED) is 0.355. The average molecular weight is 518 g/mol. The topological polar surface area (TPSA) is 138 Å². The van der Waals surface area contributed by atoms with Gasteiger partial charge in [0, 0.05) is 19.5 Å². The number of hydrogen-bond acceptors (Lipinski definition) is 9. The van der Waals surface area contributed by atoms with Crippen LogP contribution in [0.5, 0.6) is 5.75 Å². The van der Waals surface area contributed by atoms with E-state index in [-0.39, 0.29) is 11.6 Å². The molecule has 0 fully saturated rings. The zero-order chi connectivity index (χ0) is 25.2. The third-order valence-electron chi connectivity index (χ3n) is 5.59. The molecule has 1 aromatic carbocycles. The molecule has 3 aromatic heterocycles. The highest BCUT2D eigenvalue weighted by Gasteiger charge is 2.35. The summed E-state index contributed by atoms with van der Waals surface area (Å²) in [6.45, 7) is 3.45. The van der Waals surface area contributed by atoms with Crippen molar-refractivity contribution in [3.8, 4) is 23.0 Å². The number of nitrogens with zero attached hydrogens (tertiary/aromatic N) is 6. The average Bonchev–Trinajstić information content (AvgIpc) is 3.50. The van der Waals surface area contributed by atoms with Crippen molar-refractivity contribution in [2.75, 3.05) is 14.2 Å². The minimum Gasteiger partial charge on any atom is -0.495 e. The van der Waals surface area contributed by atoms with Crippen molar-refractivity contribution in [2.24, 2.45) is 0 Å². The number of hydrogen-bond donors (Lipinski definition) is 1. The van der Waals surface area contributed by atoms with Gasteiger partial charge in [0.25, 0.3) is 0 Å². The summed E-state index contributed by atoms with van der Waals surface area (Å²) in [5, 5.41) is 7.87. The van der Waals surface area contributed by atoms with Crippen LogP contribution in [0, 0.1) is 6.92 Å². The monoisotopic (exact) mass is 517 g/mol. The number of benzene rings is 1. The van der Waals surface area contributed by atoms with E-state index < -0.39 is 26.9 Å². The molecule has 4 rings (SSSR count). The summed E-state index contributed by atoms with van der Waals surface area (Å²) in [4.78, 5) is 15.3. The first-order chi connectivity index (χ1) is 16.8. The fourth-order valence-electron chi connectivity index (χ4n) is 3.76. The number of H-pyrrole nitrogens is 1. The van der Waals surface area contributed by atoms with Crippen molar-refractivity contribution in [3.63, 3.8) is 0 Å². The van der Waals surface area contributed by atoms with Crippen molar-refractivity contribution in [1.82, 2.24) is 34.7 Å². The van der Waals surface area contributed by atoms with Gasteiger partial charge in [-0.3, -0.25) is 4.57 Å². The molecule has 184 valence electrons. The van der Waals surface area contributed by atoms with Crippen LogP contribution in [-0.4, -0.2) is 62.6 Å². The van der Waals surface area contributed by atoms with E-state index in [2.05, 4.69) is 30.1 Å². The Morgan fingerprint density at radius 3 is 2.51 bits per heavy atom. The van der Waals surface area contributed by atoms with E-state index in [1.807, 2.05) is 19.1 Å². The Labute approximate surface area is 207 Å². The number of ether oxygens (including phenoxy) is 2. The van der Waals surface area contributed by atoms with E-state index in [9.17, 15) is 8.42 Å². The highest BCUT2D eigenvalue weighted by atomic mass is 35.5. The Kier molecular flexibility index (Phi) is 7.15. The minimum absolute atomic E-state index is 0.209. The summed E-state index contributed by atoms with van der Waals surface area (Å²) in [6.07, 6.45) is 4.98. The van der Waals surface area contributed by atoms with Crippen LogP contribution in [0.2, 0.25) is 5.02 Å². The molecule has 0 aliphatic heterocycles. The number of aryl methyl sites for hydroxylation is 1. The Morgan fingerprint density at radius 1 is 1.14 bits per heavy atom. The zero-order valence-electron chi connectivity index (χ0n) is 19.5. The van der Waals surface area contributed by atoms with Gasteiger partial charge < -0.3 is 14.5 Å². The molecule has 0 saturated carbocycles. The lowest BCUT2D eigenvalue weighted by molar-refractivity contribution is 0.0948. The highest BCUT2D eigenvalue weighted by Crippen LogP contribution is 2.33. The molecule has 0 aliphatic rings. The Balaban J connectivity index is 1.79. The van der Waals surface area contributed by atoms with Crippen LogP contribution in [-0.2, 0) is 20.3 Å². The third-order valence-corrected chi connectivity index (χ3v) is 7.82. The molecule has 35 heavy (non-hydrogen) atoms. The lowest BCUT2D eigenvalue weighted by atomic mass is 10.1. The molecule has 2 atom stereocenters. The zero-order valence-corrected chi connectivity index (χ0v) is 21.1. The third kappa shape index (κ3) is 4.90. The summed E-state index contributed by atoms with van der Waals surface area (Å²) < 4.78 is 39.9. The van der Waals surface area contributed by atoms with Crippen LogP contribution in [0.15, 0.2) is 43.1 Å². The molecule has 0 amide bonds. The number of para-hydroxylation sites is 1. The van der Waals surface area contributed by atoms with Crippen LogP contribution >= 0.6 is 11.6 Å². The molecule has 0 aliphatic carbocycles. The predicted octanol–water partition coefficient (Wildman–Crippen LogP) is 3.11. The number of methoxy groups -OCH3 is 2. The number of halogens is 1. The van der Waals surface area contributed by atoms with Gasteiger partial charge in [-0.2, -0.15) is 0 Å². The van der Waals surface area contributed by atoms with E-state index in [0.29, 0.717) is 28.0 Å². The van der Waals surface area contributed by atoms with Crippen molar-refractivity contribution in [2.45, 2.75) is 31.0 Å². The molecular weight excluding hydrogens is 494 g/mol. The first kappa shape index (κ1) is 24.8. The number of aromatic amines is 1. The number of rotatable bonds is 9. The van der Waals surface area contributed by atoms with E-state index in [1.54, 1.807) is 30.9 Å². The van der Waals surface area contributed by atoms with Gasteiger partial charge in [0.1, 0.15) is 23.3 Å². The standard InChI is InChI=1S/C22H24ClN7O4S/c1-13-6-5-7-17(33-3)19(13)30-18(28-29-22(30)16-10-24-12-27-16)11-35(31,32)14(2)20(34-4)21-25-8-15(23)9-26-21/h5-10,12,14,20H,11H2,1-4H3,(H,24,27)/t14-,20-/m0/s1. The predicted molar refractivity (Wildman–Crippen MR) is 129 cm³/mol. The second-order valence-corrected chi connectivity index (χ2v) is 10.6. The van der Waals surface area contributed by atoms with Gasteiger partial charge in [-0.25, -0.2) is 23.4 Å². The molecule has 0 saturated heterocycles. The minimum atomic E-state index is -3.83. The first-order valence-electron chi connectivity index (χ1n) is 10.6. The van der Waals surface area contributed by atoms with Crippen molar-refractivity contribution < 1.29 is 17.9 Å². The molecule has 1 N–H and O–H groups in total. The smallest absolute Gasteiger partial charge is 0.186 e. The summed E-state index contributed by atoms with van der Waals surface area (Å²) in [5.41, 5.74) is 2.05. The van der Waals surface area contributed by atoms with Crippen LogP contribution in [0.4, 0.5) is 0 Å². The van der Waals surface area contributed by atoms with Gasteiger partial charge in [0.15, 0.2) is 27.3 Å². The van der Waals surface area contributed by atoms with E-state index in [1.165, 1.54) is 25.8 Å². The number of nitrogens with one attached hydrogen (secondary N) is 1. The molecule has 0 radical (unpaired) electrons. The van der Waals surface area contributed by atoms with E-state index in [0.717, 1.165) is 5.56 Å². The van der Waals surface area contributed by atoms with E-state index >= 15 is 0 Å². The van der Waals surface area contributed by atoms with Crippen LogP contribution < -0.4 is 4.74 Å². The van der Waals surface area contributed by atoms with Crippen molar-refractivity contribution in [3.05, 3.63) is 65.4 Å². The van der Waals surface area contributed by atoms with Gasteiger partial charge in [0.2, 0.25) is 0 Å². The Hall–Kier alpha value is -3.35. The van der Waals surface area contributed by atoms with E-state index in [4.69, 9.17) is 21.1 Å². The van der Waals surface area contributed by atoms with Gasteiger partial charge in [-0.1, -0.05) is 23.7 Å². The lowest BCUT2D eigenvalue weighted by Crippen LogP contribution is -2.30. The van der Waals surface area contributed by atoms with Crippen LogP contribution in [0.1, 0.15) is 30.2 Å². The number of imidazole rings is 1. The fourth-order valence-corrected chi connectivity index (χ4v) is 5.27.